The van der Waals surface area contributed by atoms with Gasteiger partial charge in [-0.2, -0.15) is 0 Å². The van der Waals surface area contributed by atoms with Gasteiger partial charge in [0.15, 0.2) is 0 Å². The number of carboxylic acids is 2. The van der Waals surface area contributed by atoms with Crippen LogP contribution in [-0.2, 0) is 9.59 Å². The number of piperidine rings is 1. The first-order valence-electron chi connectivity index (χ1n) is 8.33. The average Bonchev–Trinajstić information content (AvgIpc) is 2.79. The summed E-state index contributed by atoms with van der Waals surface area (Å²) in [5, 5.41) is 20.5. The number of carboxylic acid groups (broad SMARTS) is 2. The van der Waals surface area contributed by atoms with Crippen molar-refractivity contribution in [2.24, 2.45) is 0 Å². The van der Waals surface area contributed by atoms with Crippen LogP contribution in [0.25, 0.3) is 0 Å². The number of halogens is 2. The molecule has 1 aromatic carbocycles. The van der Waals surface area contributed by atoms with Crippen molar-refractivity contribution in [1.82, 2.24) is 4.90 Å². The number of anilines is 1. The second kappa shape index (κ2) is 9.26. The van der Waals surface area contributed by atoms with Gasteiger partial charge in [0.1, 0.15) is 0 Å². The van der Waals surface area contributed by atoms with Crippen molar-refractivity contribution in [3.8, 4) is 0 Å². The third kappa shape index (κ3) is 5.90. The van der Waals surface area contributed by atoms with Crippen LogP contribution in [0.5, 0.6) is 0 Å². The third-order valence-corrected chi connectivity index (χ3v) is 5.50. The van der Waals surface area contributed by atoms with E-state index in [1.165, 1.54) is 25.7 Å². The molecule has 142 valence electrons. The number of nitrogens with zero attached hydrogens (tertiary/aromatic N) is 1. The maximum atomic E-state index is 9.55. The van der Waals surface area contributed by atoms with Gasteiger partial charge in [0, 0.05) is 36.0 Å². The van der Waals surface area contributed by atoms with Crippen LogP contribution in [-0.4, -0.2) is 52.2 Å². The number of fused-ring (bicyclic) bond motifs is 2. The van der Waals surface area contributed by atoms with E-state index < -0.39 is 11.9 Å². The van der Waals surface area contributed by atoms with Gasteiger partial charge in [0.25, 0.3) is 0 Å². The van der Waals surface area contributed by atoms with E-state index in [0.29, 0.717) is 28.2 Å². The highest BCUT2D eigenvalue weighted by atomic mass is 35.5. The summed E-state index contributed by atoms with van der Waals surface area (Å²) < 4.78 is 0. The first kappa shape index (κ1) is 20.6. The Morgan fingerprint density at radius 1 is 1.08 bits per heavy atom. The van der Waals surface area contributed by atoms with Crippen molar-refractivity contribution in [3.05, 3.63) is 40.4 Å². The van der Waals surface area contributed by atoms with Gasteiger partial charge in [-0.05, 0) is 50.9 Å². The molecule has 0 amide bonds. The minimum absolute atomic E-state index is 0.558. The summed E-state index contributed by atoms with van der Waals surface area (Å²) >= 11 is 12.0. The first-order chi connectivity index (χ1) is 12.3. The smallest absolute Gasteiger partial charge is 0.328 e. The molecular weight excluding hydrogens is 379 g/mol. The van der Waals surface area contributed by atoms with E-state index in [1.807, 2.05) is 18.2 Å². The molecule has 0 radical (unpaired) electrons. The maximum absolute atomic E-state index is 9.55. The number of nitrogens with one attached hydrogen (secondary N) is 1. The van der Waals surface area contributed by atoms with Crippen LogP contribution in [0.4, 0.5) is 5.69 Å². The fraction of sp³-hybridized carbons (Fsp3) is 0.444. The molecule has 0 aliphatic carbocycles. The third-order valence-electron chi connectivity index (χ3n) is 4.76. The Bertz CT molecular complexity index is 666. The molecule has 2 unspecified atom stereocenters. The lowest BCUT2D eigenvalue weighted by atomic mass is 9.98. The molecule has 2 fully saturated rings. The van der Waals surface area contributed by atoms with E-state index in [0.717, 1.165) is 17.8 Å². The molecule has 1 aromatic rings. The lowest BCUT2D eigenvalue weighted by Crippen LogP contribution is -2.44. The molecule has 0 aromatic heterocycles. The minimum Gasteiger partial charge on any atom is -0.478 e. The maximum Gasteiger partial charge on any atom is 0.328 e. The zero-order valence-corrected chi connectivity index (χ0v) is 15.9. The van der Waals surface area contributed by atoms with Gasteiger partial charge in [-0.1, -0.05) is 23.2 Å². The van der Waals surface area contributed by atoms with Crippen molar-refractivity contribution < 1.29 is 19.8 Å². The van der Waals surface area contributed by atoms with Crippen LogP contribution in [0.2, 0.25) is 10.0 Å². The van der Waals surface area contributed by atoms with Gasteiger partial charge in [-0.25, -0.2) is 9.59 Å². The zero-order valence-electron chi connectivity index (χ0n) is 14.4. The molecule has 3 rings (SSSR count). The van der Waals surface area contributed by atoms with E-state index in [9.17, 15) is 9.59 Å². The number of hydrogen-bond acceptors (Lipinski definition) is 4. The Morgan fingerprint density at radius 3 is 2.08 bits per heavy atom. The number of aliphatic carboxylic acids is 2. The average molecular weight is 401 g/mol. The van der Waals surface area contributed by atoms with E-state index in [4.69, 9.17) is 33.4 Å². The van der Waals surface area contributed by atoms with Crippen LogP contribution in [0.1, 0.15) is 25.7 Å². The Kier molecular flexibility index (Phi) is 7.32. The zero-order chi connectivity index (χ0) is 19.3. The monoisotopic (exact) mass is 400 g/mol. The molecule has 2 atom stereocenters. The lowest BCUT2D eigenvalue weighted by molar-refractivity contribution is -0.134. The molecule has 3 N–H and O–H groups in total. The number of carbonyl (C=O) groups is 2. The Morgan fingerprint density at radius 2 is 1.62 bits per heavy atom. The summed E-state index contributed by atoms with van der Waals surface area (Å²) in [6, 6.07) is 7.86. The van der Waals surface area contributed by atoms with Gasteiger partial charge in [-0.15, -0.1) is 0 Å². The molecule has 2 bridgehead atoms. The summed E-state index contributed by atoms with van der Waals surface area (Å²) in [6.45, 7) is 0. The first-order valence-corrected chi connectivity index (χ1v) is 9.09. The Balaban J connectivity index is 0.000000260. The van der Waals surface area contributed by atoms with Crippen LogP contribution in [0.3, 0.4) is 0 Å². The standard InChI is InChI=1S/C14H18Cl2N2.C4H4O4/c1-18-11-3-4-12(18)7-10(6-11)17-9-2-5-13(15)14(16)8-9;5-3(6)1-2-4(7)8/h2,5,8,10-12,17H,3-4,6-7H2,1H3;1-2H,(H,5,6)(H,7,8)/b;2-1+. The second-order valence-electron chi connectivity index (χ2n) is 6.50. The summed E-state index contributed by atoms with van der Waals surface area (Å²) in [5.41, 5.74) is 1.08. The Labute approximate surface area is 162 Å². The van der Waals surface area contributed by atoms with Crippen LogP contribution < -0.4 is 5.32 Å². The molecule has 2 saturated heterocycles. The van der Waals surface area contributed by atoms with Gasteiger partial charge >= 0.3 is 11.9 Å². The predicted molar refractivity (Wildman–Crippen MR) is 102 cm³/mol. The molecular formula is C18H22Cl2N2O4. The second-order valence-corrected chi connectivity index (χ2v) is 7.32. The molecule has 6 nitrogen and oxygen atoms in total. The number of hydrogen-bond donors (Lipinski definition) is 3. The van der Waals surface area contributed by atoms with Crippen molar-refractivity contribution in [1.29, 1.82) is 0 Å². The minimum atomic E-state index is -1.26. The van der Waals surface area contributed by atoms with Gasteiger partial charge in [0.2, 0.25) is 0 Å². The van der Waals surface area contributed by atoms with E-state index in [-0.39, 0.29) is 0 Å². The predicted octanol–water partition coefficient (Wildman–Crippen LogP) is 3.74. The summed E-state index contributed by atoms with van der Waals surface area (Å²) in [7, 11) is 2.26. The fourth-order valence-electron chi connectivity index (χ4n) is 3.49. The van der Waals surface area contributed by atoms with Gasteiger partial charge in [0.05, 0.1) is 10.0 Å². The van der Waals surface area contributed by atoms with Crippen molar-refractivity contribution in [3.63, 3.8) is 0 Å². The normalized spacial score (nSPS) is 24.8. The number of benzene rings is 1. The molecule has 2 aliphatic rings. The molecule has 2 aliphatic heterocycles. The van der Waals surface area contributed by atoms with E-state index in [2.05, 4.69) is 17.3 Å². The topological polar surface area (TPSA) is 89.9 Å². The summed E-state index contributed by atoms with van der Waals surface area (Å²) in [6.07, 6.45) is 6.27. The fourth-order valence-corrected chi connectivity index (χ4v) is 3.79. The molecule has 0 saturated carbocycles. The van der Waals surface area contributed by atoms with Crippen molar-refractivity contribution in [2.75, 3.05) is 12.4 Å². The summed E-state index contributed by atoms with van der Waals surface area (Å²) in [4.78, 5) is 21.7. The highest BCUT2D eigenvalue weighted by molar-refractivity contribution is 6.42. The van der Waals surface area contributed by atoms with E-state index >= 15 is 0 Å². The van der Waals surface area contributed by atoms with E-state index in [1.54, 1.807) is 0 Å². The Hall–Kier alpha value is -1.76. The highest BCUT2D eigenvalue weighted by Gasteiger charge is 2.38. The van der Waals surface area contributed by atoms with Crippen molar-refractivity contribution >= 4 is 40.8 Å². The lowest BCUT2D eigenvalue weighted by Gasteiger charge is -2.37. The quantitative estimate of drug-likeness (QED) is 0.666. The highest BCUT2D eigenvalue weighted by Crippen LogP contribution is 2.36. The number of rotatable bonds is 4. The van der Waals surface area contributed by atoms with Gasteiger partial charge in [-0.3, -0.25) is 0 Å². The van der Waals surface area contributed by atoms with Crippen molar-refractivity contribution in [2.45, 2.75) is 43.8 Å². The summed E-state index contributed by atoms with van der Waals surface area (Å²) in [5.74, 6) is -2.51. The molecule has 26 heavy (non-hydrogen) atoms. The van der Waals surface area contributed by atoms with Crippen LogP contribution in [0.15, 0.2) is 30.4 Å². The van der Waals surface area contributed by atoms with Crippen LogP contribution >= 0.6 is 23.2 Å². The largest absolute Gasteiger partial charge is 0.478 e. The SMILES string of the molecule is CN1C2CCC1CC(Nc1ccc(Cl)c(Cl)c1)C2.O=C(O)/C=C/C(=O)O. The van der Waals surface area contributed by atoms with Crippen LogP contribution in [0, 0.1) is 0 Å². The molecule has 2 heterocycles. The van der Waals surface area contributed by atoms with Gasteiger partial charge < -0.3 is 20.4 Å². The molecule has 8 heteroatoms. The molecule has 0 spiro atoms.